The number of hydrogen-bond acceptors (Lipinski definition) is 7. The van der Waals surface area contributed by atoms with Crippen molar-refractivity contribution in [2.24, 2.45) is 11.3 Å². The molecule has 52 heavy (non-hydrogen) atoms. The van der Waals surface area contributed by atoms with Gasteiger partial charge >= 0.3 is 6.09 Å². The van der Waals surface area contributed by atoms with Crippen LogP contribution < -0.4 is 15.4 Å². The molecule has 2 aliphatic carbocycles. The van der Waals surface area contributed by atoms with Gasteiger partial charge in [-0.05, 0) is 65.9 Å². The molecule has 11 nitrogen and oxygen atoms in total. The molecule has 2 aromatic rings. The Morgan fingerprint density at radius 2 is 1.63 bits per heavy atom. The highest BCUT2D eigenvalue weighted by Crippen LogP contribution is 2.51. The molecule has 5 rings (SSSR count). The smallest absolute Gasteiger partial charge is 0.405 e. The Labute approximate surface area is 308 Å². The van der Waals surface area contributed by atoms with E-state index < -0.39 is 85.6 Å². The predicted molar refractivity (Wildman–Crippen MR) is 195 cm³/mol. The molecule has 3 fully saturated rings. The zero-order valence-electron chi connectivity index (χ0n) is 29.9. The molecule has 284 valence electrons. The second-order valence-corrected chi connectivity index (χ2v) is 18.7. The van der Waals surface area contributed by atoms with E-state index in [9.17, 15) is 41.5 Å². The first-order chi connectivity index (χ1) is 24.4. The van der Waals surface area contributed by atoms with Gasteiger partial charge < -0.3 is 20.6 Å². The molecule has 1 heterocycles. The van der Waals surface area contributed by atoms with Gasteiger partial charge in [-0.1, -0.05) is 88.7 Å². The highest BCUT2D eigenvalue weighted by atomic mass is 32.2. The van der Waals surface area contributed by atoms with E-state index in [0.29, 0.717) is 18.6 Å². The molecule has 15 heteroatoms. The SMILES string of the molecule is CCCCS[C@@]1(c2ccc(-c3ccccc3)cc2)C[C@@H](C(=O)N[C@]2(C(=O)NS(=O)(=O)C3CC3)C[C@H]2CC(F)F)N(C(=O)[C@@H](NC(=O)O)C(C)(C)C)C1. The second-order valence-electron chi connectivity index (χ2n) is 15.2. The van der Waals surface area contributed by atoms with Crippen LogP contribution in [0.4, 0.5) is 13.6 Å². The van der Waals surface area contributed by atoms with Gasteiger partial charge in [-0.15, -0.1) is 11.8 Å². The average Bonchev–Trinajstić information content (AvgIpc) is 4.01. The number of carbonyl (C=O) groups excluding carboxylic acids is 3. The lowest BCUT2D eigenvalue weighted by Crippen LogP contribution is -2.60. The summed E-state index contributed by atoms with van der Waals surface area (Å²) >= 11 is 1.58. The molecule has 4 amide bonds. The van der Waals surface area contributed by atoms with Gasteiger partial charge in [0.05, 0.1) is 10.00 Å². The Kier molecular flexibility index (Phi) is 11.6. The molecule has 0 unspecified atom stereocenters. The normalized spacial score (nSPS) is 25.0. The summed E-state index contributed by atoms with van der Waals surface area (Å²) in [5.41, 5.74) is -0.0178. The lowest BCUT2D eigenvalue weighted by Gasteiger charge is -2.35. The van der Waals surface area contributed by atoms with Crippen LogP contribution in [0.5, 0.6) is 0 Å². The molecule has 0 bridgehead atoms. The fourth-order valence-electron chi connectivity index (χ4n) is 6.98. The largest absolute Gasteiger partial charge is 0.465 e. The van der Waals surface area contributed by atoms with Crippen molar-refractivity contribution in [3.8, 4) is 11.1 Å². The van der Waals surface area contributed by atoms with Crippen LogP contribution in [-0.2, 0) is 29.2 Å². The minimum absolute atomic E-state index is 0.0204. The highest BCUT2D eigenvalue weighted by Gasteiger charge is 2.64. The maximum Gasteiger partial charge on any atom is 0.405 e. The van der Waals surface area contributed by atoms with Crippen molar-refractivity contribution in [2.75, 3.05) is 12.3 Å². The van der Waals surface area contributed by atoms with E-state index in [1.807, 2.05) is 66.2 Å². The van der Waals surface area contributed by atoms with Crippen molar-refractivity contribution in [3.63, 3.8) is 0 Å². The van der Waals surface area contributed by atoms with Gasteiger partial charge in [-0.25, -0.2) is 22.0 Å². The number of unbranched alkanes of at least 4 members (excludes halogenated alkanes) is 1. The number of nitrogens with zero attached hydrogens (tertiary/aromatic N) is 1. The van der Waals surface area contributed by atoms with E-state index >= 15 is 0 Å². The van der Waals surface area contributed by atoms with Crippen molar-refractivity contribution >= 4 is 45.6 Å². The summed E-state index contributed by atoms with van der Waals surface area (Å²) < 4.78 is 53.9. The number of carbonyl (C=O) groups is 4. The van der Waals surface area contributed by atoms with Crippen LogP contribution in [0.25, 0.3) is 11.1 Å². The van der Waals surface area contributed by atoms with Gasteiger partial charge in [0.1, 0.15) is 17.6 Å². The second kappa shape index (κ2) is 15.3. The number of sulfonamides is 1. The van der Waals surface area contributed by atoms with Gasteiger partial charge in [-0.2, -0.15) is 0 Å². The van der Waals surface area contributed by atoms with Crippen molar-refractivity contribution < 1.29 is 41.5 Å². The van der Waals surface area contributed by atoms with Gasteiger partial charge in [0.25, 0.3) is 5.91 Å². The van der Waals surface area contributed by atoms with Crippen molar-refractivity contribution in [3.05, 3.63) is 60.2 Å². The summed E-state index contributed by atoms with van der Waals surface area (Å²) in [6.45, 7) is 7.16. The minimum atomic E-state index is -4.06. The Hall–Kier alpha value is -3.72. The Morgan fingerprint density at radius 3 is 2.19 bits per heavy atom. The molecule has 2 aromatic carbocycles. The number of halogens is 2. The lowest BCUT2D eigenvalue weighted by atomic mass is 9.85. The summed E-state index contributed by atoms with van der Waals surface area (Å²) in [6.07, 6.45) is -2.61. The number of rotatable bonds is 15. The van der Waals surface area contributed by atoms with E-state index in [0.717, 1.165) is 29.5 Å². The standard InChI is InChI=1S/C37H48F2N4O7S2/c1-5-6-18-51-36(25-14-12-24(13-15-25)23-10-8-7-9-11-23)21-28(43(22-36)32(45)30(35(2,3)4)40-34(47)48)31(44)41-37(20-26(37)19-29(38)39)33(46)42-52(49,50)27-16-17-27/h7-15,26-30,40H,5-6,16-22H2,1-4H3,(H,41,44)(H,42,46)(H,47,48)/t26-,28+,30-,36+,37-/m1/s1. The van der Waals surface area contributed by atoms with Crippen LogP contribution in [0.1, 0.15) is 78.2 Å². The molecule has 4 N–H and O–H groups in total. The zero-order chi connectivity index (χ0) is 38.1. The van der Waals surface area contributed by atoms with Gasteiger partial charge in [0.15, 0.2) is 0 Å². The highest BCUT2D eigenvalue weighted by molar-refractivity contribution is 8.00. The maximum atomic E-state index is 14.5. The zero-order valence-corrected chi connectivity index (χ0v) is 31.5. The molecule has 0 aromatic heterocycles. The van der Waals surface area contributed by atoms with Crippen LogP contribution in [-0.4, -0.2) is 83.8 Å². The molecule has 3 aliphatic rings. The third-order valence-electron chi connectivity index (χ3n) is 10.2. The third-order valence-corrected chi connectivity index (χ3v) is 13.6. The number of thioether (sulfide) groups is 1. The third kappa shape index (κ3) is 8.73. The monoisotopic (exact) mass is 762 g/mol. The summed E-state index contributed by atoms with van der Waals surface area (Å²) in [5, 5.41) is 13.9. The van der Waals surface area contributed by atoms with Crippen molar-refractivity contribution in [1.82, 2.24) is 20.3 Å². The fraction of sp³-hybridized carbons (Fsp3) is 0.568. The Morgan fingerprint density at radius 1 is 1.00 bits per heavy atom. The summed E-state index contributed by atoms with van der Waals surface area (Å²) in [7, 11) is -4.06. The Bertz CT molecular complexity index is 1750. The molecule has 0 radical (unpaired) electrons. The van der Waals surface area contributed by atoms with E-state index in [4.69, 9.17) is 0 Å². The van der Waals surface area contributed by atoms with Crippen molar-refractivity contribution in [2.45, 2.75) is 107 Å². The Balaban J connectivity index is 1.54. The van der Waals surface area contributed by atoms with Gasteiger partial charge in [-0.3, -0.25) is 19.1 Å². The topological polar surface area (TPSA) is 162 Å². The number of hydrogen-bond donors (Lipinski definition) is 4. The van der Waals surface area contributed by atoms with Crippen molar-refractivity contribution in [1.29, 1.82) is 0 Å². The molecule has 5 atom stereocenters. The molecule has 1 saturated heterocycles. The maximum absolute atomic E-state index is 14.5. The first-order valence-corrected chi connectivity index (χ1v) is 20.2. The van der Waals surface area contributed by atoms with Crippen LogP contribution in [0.2, 0.25) is 0 Å². The average molecular weight is 763 g/mol. The van der Waals surface area contributed by atoms with E-state index in [1.165, 1.54) is 4.90 Å². The summed E-state index contributed by atoms with van der Waals surface area (Å²) in [6, 6.07) is 15.1. The van der Waals surface area contributed by atoms with Crippen LogP contribution in [0.3, 0.4) is 0 Å². The first kappa shape index (κ1) is 39.5. The lowest BCUT2D eigenvalue weighted by molar-refractivity contribution is -0.142. The fourth-order valence-corrected chi connectivity index (χ4v) is 9.98. The quantitative estimate of drug-likeness (QED) is 0.173. The molecule has 0 spiro atoms. The number of likely N-dealkylation sites (tertiary alicyclic amines) is 1. The number of alkyl halides is 2. The molecule has 1 aliphatic heterocycles. The number of nitrogens with one attached hydrogen (secondary N) is 3. The van der Waals surface area contributed by atoms with Crippen LogP contribution >= 0.6 is 11.8 Å². The predicted octanol–water partition coefficient (Wildman–Crippen LogP) is 5.50. The van der Waals surface area contributed by atoms with E-state index in [1.54, 1.807) is 32.5 Å². The molecular weight excluding hydrogens is 715 g/mol. The molecule has 2 saturated carbocycles. The van der Waals surface area contributed by atoms with E-state index in [2.05, 4.69) is 10.6 Å². The summed E-state index contributed by atoms with van der Waals surface area (Å²) in [5.74, 6) is -2.86. The summed E-state index contributed by atoms with van der Waals surface area (Å²) in [4.78, 5) is 55.8. The number of benzene rings is 2. The number of carboxylic acid groups (broad SMARTS) is 1. The molecular formula is C37H48F2N4O7S2. The number of amides is 4. The van der Waals surface area contributed by atoms with Gasteiger partial charge in [0, 0.05) is 13.0 Å². The first-order valence-electron chi connectivity index (χ1n) is 17.7. The van der Waals surface area contributed by atoms with Crippen LogP contribution in [0, 0.1) is 11.3 Å². The van der Waals surface area contributed by atoms with Crippen LogP contribution in [0.15, 0.2) is 54.6 Å². The van der Waals surface area contributed by atoms with Gasteiger partial charge in [0.2, 0.25) is 28.3 Å². The van der Waals surface area contributed by atoms with E-state index in [-0.39, 0.29) is 19.4 Å². The minimum Gasteiger partial charge on any atom is -0.465 e.